The van der Waals surface area contributed by atoms with E-state index in [1.165, 1.54) is 39.3 Å². The SMILES string of the molecule is CC1=C(C(=O)OC(c2ccccc2)c2ccccc2)N2C(=O)C(NC(=O)C(=NOCc3csc(NC(c4ccccc4)(c4ccccc4)c4ccccc4)n3)c3csc(NC(c4ccccc4)(c4ccccc4)c4ccccc4)n3)[C@@H]2SC1. The largest absolute Gasteiger partial charge is 0.448 e. The summed E-state index contributed by atoms with van der Waals surface area (Å²) in [6.07, 6.45) is -0.724. The summed E-state index contributed by atoms with van der Waals surface area (Å²) >= 11 is 4.19. The van der Waals surface area contributed by atoms with Gasteiger partial charge in [0.2, 0.25) is 0 Å². The number of hydrogen-bond donors (Lipinski definition) is 3. The fourth-order valence-corrected chi connectivity index (χ4v) is 13.6. The Bertz CT molecular complexity index is 3680. The standard InChI is InChI=1S/C68H55N7O5S3/c1-46-43-81-63-58(62(77)75(63)59(46)64(78)80-60(47-26-10-2-11-27-47)48-28-12-3-13-29-48)71-61(76)57(56-45-83-66(70-56)73-68(52-36-20-7-21-37-52,53-38-22-8-23-39-53)54-40-24-9-25-41-54)74-79-42-55-44-82-65(69-55)72-67(49-30-14-4-15-31-49,50-32-16-5-17-33-50)51-34-18-6-19-35-51/h2-41,44-45,58,60,63H,42-43H2,1H3,(H,69,72)(H,70,73)(H,71,76)/t58?,63-/m0/s1. The molecule has 2 aliphatic rings. The number of thioether (sulfide) groups is 1. The first kappa shape index (κ1) is 54.2. The van der Waals surface area contributed by atoms with Crippen molar-refractivity contribution in [2.45, 2.75) is 42.1 Å². The monoisotopic (exact) mass is 1150 g/mol. The van der Waals surface area contributed by atoms with Crippen LogP contribution in [0.25, 0.3) is 0 Å². The number of nitrogens with one attached hydrogen (secondary N) is 3. The van der Waals surface area contributed by atoms with Gasteiger partial charge in [0.1, 0.15) is 33.9 Å². The number of hydrogen-bond acceptors (Lipinski definition) is 13. The fourth-order valence-electron chi connectivity index (χ4n) is 10.8. The van der Waals surface area contributed by atoms with E-state index in [9.17, 15) is 14.4 Å². The molecule has 0 saturated carbocycles. The highest BCUT2D eigenvalue weighted by Crippen LogP contribution is 2.44. The first-order valence-electron chi connectivity index (χ1n) is 27.1. The van der Waals surface area contributed by atoms with Crippen molar-refractivity contribution in [3.8, 4) is 0 Å². The number of oxime groups is 1. The molecule has 1 saturated heterocycles. The van der Waals surface area contributed by atoms with E-state index >= 15 is 0 Å². The predicted octanol–water partition coefficient (Wildman–Crippen LogP) is 13.3. The maximum atomic E-state index is 15.0. The molecule has 1 unspecified atom stereocenters. The van der Waals surface area contributed by atoms with Gasteiger partial charge in [0.05, 0.1) is 5.69 Å². The van der Waals surface area contributed by atoms with E-state index in [4.69, 9.17) is 19.5 Å². The Kier molecular flexibility index (Phi) is 15.9. The summed E-state index contributed by atoms with van der Waals surface area (Å²) in [4.78, 5) is 61.5. The Labute approximate surface area is 493 Å². The molecule has 3 N–H and O–H groups in total. The second-order valence-electron chi connectivity index (χ2n) is 19.9. The molecular weight excluding hydrogens is 1090 g/mol. The van der Waals surface area contributed by atoms with Crippen LogP contribution in [0.15, 0.2) is 270 Å². The van der Waals surface area contributed by atoms with Crippen molar-refractivity contribution in [3.05, 3.63) is 321 Å². The average molecular weight is 1150 g/mol. The van der Waals surface area contributed by atoms with Crippen LogP contribution in [-0.4, -0.2) is 55.5 Å². The number of carbonyl (C=O) groups is 3. The van der Waals surface area contributed by atoms with Crippen LogP contribution in [0.5, 0.6) is 0 Å². The van der Waals surface area contributed by atoms with Crippen LogP contribution in [0, 0.1) is 0 Å². The third kappa shape index (κ3) is 11.0. The minimum absolute atomic E-state index is 0.102. The molecule has 10 aromatic rings. The zero-order valence-electron chi connectivity index (χ0n) is 44.9. The molecule has 15 heteroatoms. The summed E-state index contributed by atoms with van der Waals surface area (Å²) in [5, 5.41) is 19.3. The molecule has 0 spiro atoms. The Morgan fingerprint density at radius 2 is 0.976 bits per heavy atom. The minimum atomic E-state index is -1.02. The molecule has 12 nitrogen and oxygen atoms in total. The molecule has 83 heavy (non-hydrogen) atoms. The Hall–Kier alpha value is -9.41. The van der Waals surface area contributed by atoms with Crippen LogP contribution in [0.4, 0.5) is 10.3 Å². The van der Waals surface area contributed by atoms with Gasteiger partial charge in [-0.15, -0.1) is 34.4 Å². The highest BCUT2D eigenvalue weighted by Gasteiger charge is 2.54. The summed E-state index contributed by atoms with van der Waals surface area (Å²) in [5.74, 6) is -1.36. The molecule has 0 bridgehead atoms. The maximum Gasteiger partial charge on any atom is 0.356 e. The fraction of sp³-hybridized carbons (Fsp3) is 0.118. The van der Waals surface area contributed by atoms with Crippen LogP contribution in [-0.2, 0) is 41.6 Å². The van der Waals surface area contributed by atoms with E-state index in [0.717, 1.165) is 44.5 Å². The first-order chi connectivity index (χ1) is 40.8. The summed E-state index contributed by atoms with van der Waals surface area (Å²) in [6.45, 7) is 1.72. The highest BCUT2D eigenvalue weighted by molar-refractivity contribution is 8.00. The number of fused-ring (bicyclic) bond motifs is 1. The van der Waals surface area contributed by atoms with Crippen molar-refractivity contribution in [1.29, 1.82) is 0 Å². The van der Waals surface area contributed by atoms with Crippen LogP contribution in [0.1, 0.15) is 68.9 Å². The lowest BCUT2D eigenvalue weighted by Crippen LogP contribution is -2.71. The highest BCUT2D eigenvalue weighted by atomic mass is 32.2. The number of benzene rings is 8. The van der Waals surface area contributed by atoms with Gasteiger partial charge < -0.3 is 25.5 Å². The van der Waals surface area contributed by atoms with Gasteiger partial charge in [-0.2, -0.15) is 0 Å². The van der Waals surface area contributed by atoms with E-state index in [0.29, 0.717) is 27.3 Å². The molecule has 8 aromatic carbocycles. The Morgan fingerprint density at radius 1 is 0.578 bits per heavy atom. The molecule has 2 amide bonds. The van der Waals surface area contributed by atoms with Crippen LogP contribution in [0.2, 0.25) is 0 Å². The number of ether oxygens (including phenoxy) is 1. The molecule has 0 aliphatic carbocycles. The van der Waals surface area contributed by atoms with Gasteiger partial charge in [-0.05, 0) is 57.0 Å². The van der Waals surface area contributed by atoms with Crippen LogP contribution < -0.4 is 16.0 Å². The normalized spacial score (nSPS) is 15.2. The van der Waals surface area contributed by atoms with Gasteiger partial charge in [-0.3, -0.25) is 14.5 Å². The molecule has 2 aromatic heterocycles. The van der Waals surface area contributed by atoms with Crippen molar-refractivity contribution in [2.24, 2.45) is 5.16 Å². The summed E-state index contributed by atoms with van der Waals surface area (Å²) in [6, 6.07) is 79.3. The molecular formula is C68H55N7O5S3. The number of nitrogens with zero attached hydrogens (tertiary/aromatic N) is 4. The van der Waals surface area contributed by atoms with Gasteiger partial charge >= 0.3 is 5.97 Å². The molecule has 2 aliphatic heterocycles. The third-order valence-electron chi connectivity index (χ3n) is 14.8. The zero-order valence-corrected chi connectivity index (χ0v) is 47.4. The Balaban J connectivity index is 0.850. The first-order valence-corrected chi connectivity index (χ1v) is 29.9. The van der Waals surface area contributed by atoms with Crippen molar-refractivity contribution < 1.29 is 24.0 Å². The number of esters is 1. The maximum absolute atomic E-state index is 15.0. The van der Waals surface area contributed by atoms with E-state index in [1.54, 1.807) is 5.38 Å². The lowest BCUT2D eigenvalue weighted by Gasteiger charge is -2.49. The number of β-lactam (4-membered cyclic amide) rings is 1. The summed E-state index contributed by atoms with van der Waals surface area (Å²) in [7, 11) is 0. The van der Waals surface area contributed by atoms with Gasteiger partial charge in [0, 0.05) is 16.5 Å². The number of carbonyl (C=O) groups excluding carboxylic acids is 3. The third-order valence-corrected chi connectivity index (χ3v) is 17.8. The number of aromatic nitrogens is 2. The van der Waals surface area contributed by atoms with Gasteiger partial charge in [-0.25, -0.2) is 14.8 Å². The van der Waals surface area contributed by atoms with Gasteiger partial charge in [0.15, 0.2) is 28.7 Å². The topological polar surface area (TPSA) is 147 Å². The van der Waals surface area contributed by atoms with E-state index < -0.39 is 46.4 Å². The second-order valence-corrected chi connectivity index (χ2v) is 22.8. The number of thiazole rings is 2. The minimum Gasteiger partial charge on any atom is -0.448 e. The van der Waals surface area contributed by atoms with Crippen molar-refractivity contribution in [1.82, 2.24) is 20.2 Å². The molecule has 12 rings (SSSR count). The van der Waals surface area contributed by atoms with Crippen molar-refractivity contribution >= 4 is 68.2 Å². The molecule has 1 fully saturated rings. The van der Waals surface area contributed by atoms with Crippen LogP contribution >= 0.6 is 34.4 Å². The van der Waals surface area contributed by atoms with E-state index in [1.807, 2.05) is 182 Å². The van der Waals surface area contributed by atoms with Crippen LogP contribution in [0.3, 0.4) is 0 Å². The van der Waals surface area contributed by atoms with E-state index in [2.05, 4.69) is 93.9 Å². The van der Waals surface area contributed by atoms with Crippen molar-refractivity contribution in [2.75, 3.05) is 16.4 Å². The summed E-state index contributed by atoms with van der Waals surface area (Å²) < 4.78 is 6.29. The lowest BCUT2D eigenvalue weighted by molar-refractivity contribution is -0.154. The molecule has 410 valence electrons. The lowest BCUT2D eigenvalue weighted by atomic mass is 9.77. The number of anilines is 2. The van der Waals surface area contributed by atoms with E-state index in [-0.39, 0.29) is 23.7 Å². The zero-order chi connectivity index (χ0) is 56.6. The molecule has 2 atom stereocenters. The predicted molar refractivity (Wildman–Crippen MR) is 330 cm³/mol. The smallest absolute Gasteiger partial charge is 0.356 e. The quantitative estimate of drug-likeness (QED) is 0.0222. The van der Waals surface area contributed by atoms with Gasteiger partial charge in [0.25, 0.3) is 11.8 Å². The molecule has 4 heterocycles. The second kappa shape index (κ2) is 24.4. The van der Waals surface area contributed by atoms with Gasteiger partial charge in [-0.1, -0.05) is 248 Å². The average Bonchev–Trinajstić information content (AvgIpc) is 2.99. The number of amides is 2. The van der Waals surface area contributed by atoms with Crippen molar-refractivity contribution in [3.63, 3.8) is 0 Å². The summed E-state index contributed by atoms with van der Waals surface area (Å²) in [5.41, 5.74) is 7.30. The molecule has 0 radical (unpaired) electrons. The number of rotatable bonds is 20. The Morgan fingerprint density at radius 3 is 1.41 bits per heavy atom.